The van der Waals surface area contributed by atoms with Crippen molar-refractivity contribution in [3.63, 3.8) is 0 Å². The minimum Gasteiger partial charge on any atom is -0.241 e. The van der Waals surface area contributed by atoms with Crippen molar-refractivity contribution < 1.29 is 0 Å². The van der Waals surface area contributed by atoms with Gasteiger partial charge in [0.1, 0.15) is 0 Å². The second-order valence-electron chi connectivity index (χ2n) is 4.28. The first-order valence-corrected chi connectivity index (χ1v) is 8.54. The summed E-state index contributed by atoms with van der Waals surface area (Å²) >= 11 is 14.7. The van der Waals surface area contributed by atoms with Crippen molar-refractivity contribution in [3.8, 4) is 0 Å². The van der Waals surface area contributed by atoms with Gasteiger partial charge in [-0.2, -0.15) is 0 Å². The van der Waals surface area contributed by atoms with Gasteiger partial charge < -0.3 is 0 Å². The molecule has 0 spiro atoms. The quantitative estimate of drug-likeness (QED) is 0.376. The molecule has 4 rings (SSSR count). The Balaban J connectivity index is 0.000000126. The first kappa shape index (κ1) is 14.7. The number of nitrogens with zero attached hydrogens (tertiary/aromatic N) is 2. The van der Waals surface area contributed by atoms with Gasteiger partial charge in [0.25, 0.3) is 0 Å². The summed E-state index contributed by atoms with van der Waals surface area (Å²) in [6.45, 7) is 2.00. The molecule has 0 aliphatic heterocycles. The summed E-state index contributed by atoms with van der Waals surface area (Å²) in [6, 6.07) is 13.7. The van der Waals surface area contributed by atoms with Crippen LogP contribution in [0.5, 0.6) is 0 Å². The largest absolute Gasteiger partial charge is 0.241 e. The number of rotatable bonds is 0. The van der Waals surface area contributed by atoms with Gasteiger partial charge in [0.2, 0.25) is 0 Å². The van der Waals surface area contributed by atoms with Crippen molar-refractivity contribution in [2.45, 2.75) is 6.92 Å². The Morgan fingerprint density at radius 1 is 0.857 bits per heavy atom. The number of para-hydroxylation sites is 1. The molecule has 2 nitrogen and oxygen atoms in total. The fourth-order valence-electron chi connectivity index (χ4n) is 1.86. The van der Waals surface area contributed by atoms with Crippen LogP contribution in [-0.4, -0.2) is 9.97 Å². The van der Waals surface area contributed by atoms with Crippen LogP contribution in [0.15, 0.2) is 42.5 Å². The molecule has 0 saturated carbocycles. The molecular formula is C15H10Cl2N2S2. The third-order valence-electron chi connectivity index (χ3n) is 2.72. The van der Waals surface area contributed by atoms with Gasteiger partial charge in [0, 0.05) is 5.02 Å². The number of thiazole rings is 2. The van der Waals surface area contributed by atoms with E-state index in [1.165, 1.54) is 16.0 Å². The molecule has 0 atom stereocenters. The number of aromatic nitrogens is 2. The van der Waals surface area contributed by atoms with E-state index in [2.05, 4.69) is 9.97 Å². The van der Waals surface area contributed by atoms with Gasteiger partial charge in [-0.15, -0.1) is 22.7 Å². The summed E-state index contributed by atoms with van der Waals surface area (Å²) in [5, 5.41) is 1.84. The Morgan fingerprint density at radius 3 is 2.43 bits per heavy atom. The predicted octanol–water partition coefficient (Wildman–Crippen LogP) is 6.21. The highest BCUT2D eigenvalue weighted by molar-refractivity contribution is 7.22. The van der Waals surface area contributed by atoms with Gasteiger partial charge in [0.15, 0.2) is 4.47 Å². The summed E-state index contributed by atoms with van der Waals surface area (Å²) in [5.41, 5.74) is 1.98. The van der Waals surface area contributed by atoms with Crippen LogP contribution in [0.1, 0.15) is 5.01 Å². The Bertz CT molecular complexity index is 866. The maximum absolute atomic E-state index is 5.79. The molecule has 0 radical (unpaired) electrons. The minimum absolute atomic E-state index is 0.612. The van der Waals surface area contributed by atoms with E-state index in [4.69, 9.17) is 23.2 Å². The molecule has 0 N–H and O–H groups in total. The molecule has 0 bridgehead atoms. The lowest BCUT2D eigenvalue weighted by Gasteiger charge is -1.86. The lowest BCUT2D eigenvalue weighted by Crippen LogP contribution is -1.67. The normalized spacial score (nSPS) is 10.6. The summed E-state index contributed by atoms with van der Waals surface area (Å²) < 4.78 is 2.96. The summed E-state index contributed by atoms with van der Waals surface area (Å²) in [6.07, 6.45) is 0. The summed E-state index contributed by atoms with van der Waals surface area (Å²) in [5.74, 6) is 0. The number of fused-ring (bicyclic) bond motifs is 2. The molecule has 0 amide bonds. The molecule has 6 heteroatoms. The van der Waals surface area contributed by atoms with E-state index in [0.29, 0.717) is 4.47 Å². The first-order chi connectivity index (χ1) is 10.1. The van der Waals surface area contributed by atoms with E-state index in [0.717, 1.165) is 25.8 Å². The third kappa shape index (κ3) is 3.52. The van der Waals surface area contributed by atoms with Crippen molar-refractivity contribution in [2.24, 2.45) is 0 Å². The molecule has 4 aromatic rings. The Hall–Kier alpha value is -1.20. The van der Waals surface area contributed by atoms with Crippen LogP contribution < -0.4 is 0 Å². The molecule has 106 valence electrons. The van der Waals surface area contributed by atoms with E-state index in [1.807, 2.05) is 49.4 Å². The van der Waals surface area contributed by atoms with Crippen LogP contribution >= 0.6 is 45.9 Å². The van der Waals surface area contributed by atoms with Gasteiger partial charge in [-0.1, -0.05) is 35.3 Å². The topological polar surface area (TPSA) is 25.8 Å². The Kier molecular flexibility index (Phi) is 4.40. The highest BCUT2D eigenvalue weighted by atomic mass is 35.5. The number of hydrogen-bond donors (Lipinski definition) is 0. The van der Waals surface area contributed by atoms with Gasteiger partial charge in [-0.25, -0.2) is 9.97 Å². The maximum Gasteiger partial charge on any atom is 0.184 e. The van der Waals surface area contributed by atoms with Crippen molar-refractivity contribution in [1.29, 1.82) is 0 Å². The van der Waals surface area contributed by atoms with E-state index in [-0.39, 0.29) is 0 Å². The highest BCUT2D eigenvalue weighted by Gasteiger charge is 1.99. The van der Waals surface area contributed by atoms with E-state index in [1.54, 1.807) is 11.3 Å². The summed E-state index contributed by atoms with van der Waals surface area (Å²) in [4.78, 5) is 8.41. The highest BCUT2D eigenvalue weighted by Crippen LogP contribution is 2.25. The van der Waals surface area contributed by atoms with E-state index < -0.39 is 0 Å². The number of hydrogen-bond acceptors (Lipinski definition) is 4. The third-order valence-corrected chi connectivity index (χ3v) is 5.05. The molecule has 0 unspecified atom stereocenters. The van der Waals surface area contributed by atoms with Gasteiger partial charge in [-0.3, -0.25) is 0 Å². The average Bonchev–Trinajstić information content (AvgIpc) is 2.99. The number of aryl methyl sites for hydroxylation is 1. The number of benzene rings is 2. The molecule has 0 fully saturated rings. The van der Waals surface area contributed by atoms with Crippen LogP contribution in [0.25, 0.3) is 20.4 Å². The molecule has 21 heavy (non-hydrogen) atoms. The zero-order chi connectivity index (χ0) is 14.8. The fourth-order valence-corrected chi connectivity index (χ4v) is 3.86. The first-order valence-electron chi connectivity index (χ1n) is 6.15. The fraction of sp³-hybridized carbons (Fsp3) is 0.0667. The predicted molar refractivity (Wildman–Crippen MR) is 94.0 cm³/mol. The van der Waals surface area contributed by atoms with Crippen molar-refractivity contribution >= 4 is 66.3 Å². The molecule has 0 aliphatic rings. The lowest BCUT2D eigenvalue weighted by atomic mass is 10.3. The molecular weight excluding hydrogens is 343 g/mol. The SMILES string of the molecule is Cc1nc2cc(Cl)ccc2s1.Clc1nc2ccccc2s1. The zero-order valence-electron chi connectivity index (χ0n) is 11.0. The Morgan fingerprint density at radius 2 is 1.62 bits per heavy atom. The molecule has 0 saturated heterocycles. The smallest absolute Gasteiger partial charge is 0.184 e. The average molecular weight is 353 g/mol. The van der Waals surface area contributed by atoms with Crippen LogP contribution in [-0.2, 0) is 0 Å². The molecule has 0 aliphatic carbocycles. The monoisotopic (exact) mass is 352 g/mol. The van der Waals surface area contributed by atoms with Gasteiger partial charge in [-0.05, 0) is 37.3 Å². The molecule has 2 aromatic heterocycles. The molecule has 2 aromatic carbocycles. The standard InChI is InChI=1S/C8H6ClNS.C7H4ClNS/c1-5-10-7-4-6(9)2-3-8(7)11-5;8-7-9-5-3-1-2-4-6(5)10-7/h2-4H,1H3;1-4H. The Labute approximate surface area is 140 Å². The van der Waals surface area contributed by atoms with Crippen LogP contribution in [0, 0.1) is 6.92 Å². The van der Waals surface area contributed by atoms with Gasteiger partial charge >= 0.3 is 0 Å². The molecule has 2 heterocycles. The van der Waals surface area contributed by atoms with Gasteiger partial charge in [0.05, 0.1) is 25.4 Å². The van der Waals surface area contributed by atoms with Crippen LogP contribution in [0.4, 0.5) is 0 Å². The maximum atomic E-state index is 5.79. The van der Waals surface area contributed by atoms with E-state index in [9.17, 15) is 0 Å². The number of halogens is 2. The second kappa shape index (κ2) is 6.28. The minimum atomic E-state index is 0.612. The van der Waals surface area contributed by atoms with Crippen molar-refractivity contribution in [1.82, 2.24) is 9.97 Å². The van der Waals surface area contributed by atoms with Crippen molar-refractivity contribution in [3.05, 3.63) is 57.0 Å². The van der Waals surface area contributed by atoms with Crippen LogP contribution in [0.2, 0.25) is 9.49 Å². The van der Waals surface area contributed by atoms with Crippen molar-refractivity contribution in [2.75, 3.05) is 0 Å². The van der Waals surface area contributed by atoms with E-state index >= 15 is 0 Å². The second-order valence-corrected chi connectivity index (χ2v) is 7.56. The lowest BCUT2D eigenvalue weighted by molar-refractivity contribution is 1.35. The zero-order valence-corrected chi connectivity index (χ0v) is 14.2. The van der Waals surface area contributed by atoms with Crippen LogP contribution in [0.3, 0.4) is 0 Å². The summed E-state index contributed by atoms with van der Waals surface area (Å²) in [7, 11) is 0.